The summed E-state index contributed by atoms with van der Waals surface area (Å²) in [5.74, 6) is -1.27. The van der Waals surface area contributed by atoms with Gasteiger partial charge in [0.25, 0.3) is 0 Å². The van der Waals surface area contributed by atoms with Gasteiger partial charge in [0, 0.05) is 6.42 Å². The molecule has 1 unspecified atom stereocenters. The Bertz CT molecular complexity index is 570. The summed E-state index contributed by atoms with van der Waals surface area (Å²) in [5.41, 5.74) is 3.38. The lowest BCUT2D eigenvalue weighted by Gasteiger charge is -2.24. The van der Waals surface area contributed by atoms with E-state index in [0.29, 0.717) is 12.8 Å². The number of halogens is 3. The van der Waals surface area contributed by atoms with Gasteiger partial charge in [-0.2, -0.15) is 13.2 Å². The number of alkyl halides is 3. The summed E-state index contributed by atoms with van der Waals surface area (Å²) in [6.45, 7) is -0.160. The van der Waals surface area contributed by atoms with Crippen molar-refractivity contribution in [2.24, 2.45) is 5.73 Å². The predicted molar refractivity (Wildman–Crippen MR) is 85.0 cm³/mol. The lowest BCUT2D eigenvalue weighted by Crippen LogP contribution is -2.49. The minimum absolute atomic E-state index is 0.0223. The number of unbranched alkanes of at least 4 members (excludes halogenated alkanes) is 1. The lowest BCUT2D eigenvalue weighted by molar-refractivity contribution is -0.144. The van der Waals surface area contributed by atoms with Gasteiger partial charge in [-0.1, -0.05) is 18.9 Å². The Morgan fingerprint density at radius 3 is 2.44 bits per heavy atom. The Labute approximate surface area is 143 Å². The van der Waals surface area contributed by atoms with Crippen LogP contribution in [-0.4, -0.2) is 40.4 Å². The second-order valence-corrected chi connectivity index (χ2v) is 5.81. The molecule has 5 N–H and O–H groups in total. The molecule has 0 saturated heterocycles. The van der Waals surface area contributed by atoms with Crippen LogP contribution in [0.1, 0.15) is 31.2 Å². The number of carboxylic acids is 1. The molecule has 0 aliphatic rings. The fourth-order valence-corrected chi connectivity index (χ4v) is 2.22. The van der Waals surface area contributed by atoms with Gasteiger partial charge in [0.05, 0.1) is 12.2 Å². The topological polar surface area (TPSA) is 113 Å². The van der Waals surface area contributed by atoms with Crippen molar-refractivity contribution in [1.82, 2.24) is 0 Å². The van der Waals surface area contributed by atoms with Gasteiger partial charge in [-0.05, 0) is 30.9 Å². The van der Waals surface area contributed by atoms with Crippen molar-refractivity contribution in [3.05, 3.63) is 29.8 Å². The van der Waals surface area contributed by atoms with Gasteiger partial charge in [-0.25, -0.2) is 0 Å². The van der Waals surface area contributed by atoms with Crippen LogP contribution in [0.5, 0.6) is 5.75 Å². The van der Waals surface area contributed by atoms with Gasteiger partial charge in [-0.3, -0.25) is 4.79 Å². The Kier molecular flexibility index (Phi) is 7.72. The molecule has 0 aromatic heterocycles. The van der Waals surface area contributed by atoms with E-state index < -0.39 is 30.4 Å². The van der Waals surface area contributed by atoms with Crippen molar-refractivity contribution >= 4 is 13.1 Å². The highest BCUT2D eigenvalue weighted by Crippen LogP contribution is 2.31. The van der Waals surface area contributed by atoms with E-state index in [-0.39, 0.29) is 31.5 Å². The third kappa shape index (κ3) is 7.33. The molecule has 1 atom stereocenters. The molecule has 0 aliphatic carbocycles. The fraction of sp³-hybridized carbons (Fsp3) is 0.533. The van der Waals surface area contributed by atoms with Crippen molar-refractivity contribution in [3.8, 4) is 5.75 Å². The number of aliphatic carboxylic acids is 1. The Balaban J connectivity index is 2.56. The Hall–Kier alpha value is -1.78. The third-order valence-corrected chi connectivity index (χ3v) is 3.74. The zero-order valence-electron chi connectivity index (χ0n) is 13.5. The largest absolute Gasteiger partial charge is 0.493 e. The van der Waals surface area contributed by atoms with E-state index in [2.05, 4.69) is 0 Å². The Morgan fingerprint density at radius 2 is 1.88 bits per heavy atom. The van der Waals surface area contributed by atoms with E-state index in [0.717, 1.165) is 12.1 Å². The van der Waals surface area contributed by atoms with E-state index in [1.165, 1.54) is 12.1 Å². The second-order valence-electron chi connectivity index (χ2n) is 5.81. The molecular formula is C15H21BF3NO5. The number of carbonyl (C=O) groups is 1. The molecule has 0 spiro atoms. The first-order chi connectivity index (χ1) is 11.5. The molecular weight excluding hydrogens is 342 g/mol. The monoisotopic (exact) mass is 363 g/mol. The van der Waals surface area contributed by atoms with Crippen molar-refractivity contribution in [2.75, 3.05) is 6.61 Å². The molecule has 6 nitrogen and oxygen atoms in total. The molecule has 0 fully saturated rings. The summed E-state index contributed by atoms with van der Waals surface area (Å²) in [6.07, 6.45) is -3.64. The number of nitrogens with two attached hydrogens (primary N) is 1. The van der Waals surface area contributed by atoms with Crippen molar-refractivity contribution in [1.29, 1.82) is 0 Å². The molecule has 25 heavy (non-hydrogen) atoms. The first kappa shape index (κ1) is 21.3. The maximum Gasteiger partial charge on any atom is 0.451 e. The lowest BCUT2D eigenvalue weighted by atomic mass is 9.81. The zero-order valence-corrected chi connectivity index (χ0v) is 13.5. The molecule has 1 aromatic rings. The first-order valence-electron chi connectivity index (χ1n) is 7.73. The van der Waals surface area contributed by atoms with Gasteiger partial charge >= 0.3 is 19.3 Å². The van der Waals surface area contributed by atoms with Crippen LogP contribution >= 0.6 is 0 Å². The summed E-state index contributed by atoms with van der Waals surface area (Å²) in [6, 6.07) is 4.29. The number of hydrogen-bond donors (Lipinski definition) is 4. The summed E-state index contributed by atoms with van der Waals surface area (Å²) in [5, 5.41) is 26.8. The van der Waals surface area contributed by atoms with Gasteiger partial charge in [0.1, 0.15) is 11.3 Å². The molecule has 140 valence electrons. The fourth-order valence-electron chi connectivity index (χ4n) is 2.22. The van der Waals surface area contributed by atoms with Crippen molar-refractivity contribution in [3.63, 3.8) is 0 Å². The van der Waals surface area contributed by atoms with E-state index in [1.54, 1.807) is 0 Å². The van der Waals surface area contributed by atoms with E-state index >= 15 is 0 Å². The quantitative estimate of drug-likeness (QED) is 0.373. The Morgan fingerprint density at radius 1 is 1.20 bits per heavy atom. The molecule has 0 bridgehead atoms. The third-order valence-electron chi connectivity index (χ3n) is 3.74. The van der Waals surface area contributed by atoms with Gasteiger partial charge in [-0.15, -0.1) is 0 Å². The summed E-state index contributed by atoms with van der Waals surface area (Å²) in [4.78, 5) is 11.3. The van der Waals surface area contributed by atoms with Crippen molar-refractivity contribution < 1.29 is 37.9 Å². The zero-order chi connectivity index (χ0) is 19.1. The summed E-state index contributed by atoms with van der Waals surface area (Å²) in [7, 11) is -1.46. The van der Waals surface area contributed by atoms with Gasteiger partial charge in [0.15, 0.2) is 0 Å². The number of rotatable bonds is 10. The minimum atomic E-state index is -4.49. The highest BCUT2D eigenvalue weighted by molar-refractivity contribution is 6.40. The van der Waals surface area contributed by atoms with Crippen LogP contribution in [-0.2, 0) is 11.0 Å². The number of ether oxygens (including phenoxy) is 1. The van der Waals surface area contributed by atoms with E-state index in [9.17, 15) is 23.1 Å². The molecule has 1 rings (SSSR count). The number of benzene rings is 1. The number of carboxylic acid groups (broad SMARTS) is 1. The second kappa shape index (κ2) is 9.07. The van der Waals surface area contributed by atoms with Crippen LogP contribution in [0.15, 0.2) is 24.3 Å². The normalized spacial score (nSPS) is 14.0. The standard InChI is InChI=1S/C15H21BF3NO5/c17-15(18,19)11-4-3-5-12(10-11)25-9-7-14(20,13(21)22)6-1-2-8-16(23)24/h3-5,10,23-24H,1-2,6-9,20H2,(H,21,22). The van der Waals surface area contributed by atoms with Crippen LogP contribution < -0.4 is 10.5 Å². The molecule has 0 amide bonds. The summed E-state index contributed by atoms with van der Waals surface area (Å²) < 4.78 is 43.1. The molecule has 0 radical (unpaired) electrons. The smallest absolute Gasteiger partial charge is 0.451 e. The van der Waals surface area contributed by atoms with Gasteiger partial charge < -0.3 is 25.6 Å². The highest BCUT2D eigenvalue weighted by Gasteiger charge is 2.34. The van der Waals surface area contributed by atoms with Crippen molar-refractivity contribution in [2.45, 2.75) is 43.7 Å². The highest BCUT2D eigenvalue weighted by atomic mass is 19.4. The van der Waals surface area contributed by atoms with Crippen LogP contribution in [0.2, 0.25) is 6.32 Å². The molecule has 10 heteroatoms. The molecule has 1 aromatic carbocycles. The SMILES string of the molecule is NC(CCCCB(O)O)(CCOc1cccc(C(F)(F)F)c1)C(=O)O. The summed E-state index contributed by atoms with van der Waals surface area (Å²) >= 11 is 0. The number of hydrogen-bond acceptors (Lipinski definition) is 5. The van der Waals surface area contributed by atoms with Gasteiger partial charge in [0.2, 0.25) is 0 Å². The first-order valence-corrected chi connectivity index (χ1v) is 7.73. The van der Waals surface area contributed by atoms with E-state index in [4.69, 9.17) is 20.5 Å². The predicted octanol–water partition coefficient (Wildman–Crippen LogP) is 1.90. The molecule has 0 aliphatic heterocycles. The molecule has 0 saturated carbocycles. The maximum absolute atomic E-state index is 12.6. The van der Waals surface area contributed by atoms with Crippen LogP contribution in [0, 0.1) is 0 Å². The van der Waals surface area contributed by atoms with Crippen LogP contribution in [0.3, 0.4) is 0 Å². The molecule has 0 heterocycles. The van der Waals surface area contributed by atoms with E-state index in [1.807, 2.05) is 0 Å². The minimum Gasteiger partial charge on any atom is -0.493 e. The average Bonchev–Trinajstić information content (AvgIpc) is 2.51. The van der Waals surface area contributed by atoms with Crippen LogP contribution in [0.4, 0.5) is 13.2 Å². The average molecular weight is 363 g/mol. The maximum atomic E-state index is 12.6. The van der Waals surface area contributed by atoms with Crippen LogP contribution in [0.25, 0.3) is 0 Å².